The molecule has 1 atom stereocenters. The maximum atomic E-state index is 15.0. The van der Waals surface area contributed by atoms with Gasteiger partial charge >= 0.3 is 6.09 Å². The molecule has 0 aliphatic carbocycles. The SMILES string of the molecule is Cc1cn2cc(NC(=O)c3ccc(N4CCN(C(=O)OC(C)(C)C)[C@H](C)C4)cc3F)nc(C)c2n1. The largest absolute Gasteiger partial charge is 0.444 e. The molecule has 1 aromatic carbocycles. The Labute approximate surface area is 203 Å². The van der Waals surface area contributed by atoms with Crippen LogP contribution in [0.3, 0.4) is 0 Å². The van der Waals surface area contributed by atoms with Crippen molar-refractivity contribution in [3.63, 3.8) is 0 Å². The van der Waals surface area contributed by atoms with Gasteiger partial charge in [-0.05, 0) is 59.7 Å². The highest BCUT2D eigenvalue weighted by Gasteiger charge is 2.31. The number of hydrogen-bond acceptors (Lipinski definition) is 6. The van der Waals surface area contributed by atoms with Crippen LogP contribution >= 0.6 is 0 Å². The van der Waals surface area contributed by atoms with Crippen LogP contribution in [0.2, 0.25) is 0 Å². The fourth-order valence-corrected chi connectivity index (χ4v) is 4.19. The van der Waals surface area contributed by atoms with Gasteiger partial charge in [0.2, 0.25) is 0 Å². The van der Waals surface area contributed by atoms with Crippen LogP contribution in [0, 0.1) is 19.7 Å². The second-order valence-corrected chi connectivity index (χ2v) is 9.91. The number of amides is 2. The molecule has 4 rings (SSSR count). The third-order valence-corrected chi connectivity index (χ3v) is 5.79. The lowest BCUT2D eigenvalue weighted by Gasteiger charge is -2.41. The number of benzene rings is 1. The van der Waals surface area contributed by atoms with Gasteiger partial charge in [0.1, 0.15) is 17.2 Å². The van der Waals surface area contributed by atoms with Crippen molar-refractivity contribution < 1.29 is 18.7 Å². The summed E-state index contributed by atoms with van der Waals surface area (Å²) in [5.74, 6) is -0.897. The van der Waals surface area contributed by atoms with E-state index in [0.717, 1.165) is 5.69 Å². The van der Waals surface area contributed by atoms with Crippen LogP contribution in [-0.2, 0) is 4.74 Å². The molecule has 10 heteroatoms. The van der Waals surface area contributed by atoms with Gasteiger partial charge in [-0.3, -0.25) is 4.79 Å². The number of ether oxygens (including phenoxy) is 1. The predicted molar refractivity (Wildman–Crippen MR) is 131 cm³/mol. The summed E-state index contributed by atoms with van der Waals surface area (Å²) in [6.07, 6.45) is 3.13. The first-order valence-electron chi connectivity index (χ1n) is 11.6. The summed E-state index contributed by atoms with van der Waals surface area (Å²) in [5.41, 5.74) is 2.21. The molecule has 0 radical (unpaired) electrons. The van der Waals surface area contributed by atoms with Gasteiger partial charge in [0.25, 0.3) is 5.91 Å². The van der Waals surface area contributed by atoms with E-state index in [1.807, 2.05) is 45.7 Å². The molecule has 1 aliphatic heterocycles. The van der Waals surface area contributed by atoms with E-state index in [2.05, 4.69) is 15.3 Å². The average molecular weight is 483 g/mol. The number of piperazine rings is 1. The molecular weight excluding hydrogens is 451 g/mol. The van der Waals surface area contributed by atoms with Gasteiger partial charge in [-0.25, -0.2) is 19.2 Å². The van der Waals surface area contributed by atoms with Crippen LogP contribution in [0.25, 0.3) is 5.65 Å². The minimum Gasteiger partial charge on any atom is -0.444 e. The molecule has 186 valence electrons. The molecule has 9 nitrogen and oxygen atoms in total. The topological polar surface area (TPSA) is 92.1 Å². The number of imidazole rings is 1. The molecule has 0 bridgehead atoms. The Bertz CT molecular complexity index is 1280. The van der Waals surface area contributed by atoms with Crippen molar-refractivity contribution in [1.82, 2.24) is 19.3 Å². The number of nitrogens with one attached hydrogen (secondary N) is 1. The smallest absolute Gasteiger partial charge is 0.410 e. The summed E-state index contributed by atoms with van der Waals surface area (Å²) < 4.78 is 22.2. The summed E-state index contributed by atoms with van der Waals surface area (Å²) in [4.78, 5) is 37.7. The summed E-state index contributed by atoms with van der Waals surface area (Å²) >= 11 is 0. The molecular formula is C25H31FN6O3. The summed E-state index contributed by atoms with van der Waals surface area (Å²) in [6, 6.07) is 4.43. The molecule has 3 heterocycles. The quantitative estimate of drug-likeness (QED) is 0.602. The van der Waals surface area contributed by atoms with E-state index in [1.54, 1.807) is 28.5 Å². The Kier molecular flexibility index (Phi) is 6.40. The van der Waals surface area contributed by atoms with Gasteiger partial charge in [-0.15, -0.1) is 0 Å². The zero-order valence-corrected chi connectivity index (χ0v) is 20.9. The van der Waals surface area contributed by atoms with Gasteiger partial charge < -0.3 is 24.3 Å². The van der Waals surface area contributed by atoms with E-state index in [4.69, 9.17) is 4.74 Å². The monoisotopic (exact) mass is 482 g/mol. The van der Waals surface area contributed by atoms with E-state index in [9.17, 15) is 14.0 Å². The van der Waals surface area contributed by atoms with Crippen molar-refractivity contribution >= 4 is 29.2 Å². The van der Waals surface area contributed by atoms with E-state index >= 15 is 0 Å². The molecule has 35 heavy (non-hydrogen) atoms. The maximum Gasteiger partial charge on any atom is 0.410 e. The van der Waals surface area contributed by atoms with E-state index in [-0.39, 0.29) is 17.7 Å². The number of anilines is 2. The van der Waals surface area contributed by atoms with Crippen molar-refractivity contribution in [1.29, 1.82) is 0 Å². The number of aryl methyl sites for hydroxylation is 2. The number of carbonyl (C=O) groups is 2. The van der Waals surface area contributed by atoms with Gasteiger partial charge in [0.15, 0.2) is 5.65 Å². The van der Waals surface area contributed by atoms with Crippen molar-refractivity contribution in [2.45, 2.75) is 53.2 Å². The highest BCUT2D eigenvalue weighted by Crippen LogP contribution is 2.24. The number of fused-ring (bicyclic) bond motifs is 1. The third kappa shape index (κ3) is 5.36. The Morgan fingerprint density at radius 3 is 2.54 bits per heavy atom. The number of rotatable bonds is 3. The molecule has 3 aromatic rings. The van der Waals surface area contributed by atoms with Crippen LogP contribution in [-0.4, -0.2) is 62.5 Å². The highest BCUT2D eigenvalue weighted by molar-refractivity contribution is 6.04. The van der Waals surface area contributed by atoms with E-state index in [1.165, 1.54) is 12.1 Å². The summed E-state index contributed by atoms with van der Waals surface area (Å²) in [7, 11) is 0. The molecule has 1 N–H and O–H groups in total. The van der Waals surface area contributed by atoms with E-state index < -0.39 is 17.3 Å². The number of nitrogens with zero attached hydrogens (tertiary/aromatic N) is 5. The lowest BCUT2D eigenvalue weighted by Crippen LogP contribution is -2.55. The van der Waals surface area contributed by atoms with Crippen LogP contribution in [0.5, 0.6) is 0 Å². The fraction of sp³-hybridized carbons (Fsp3) is 0.440. The van der Waals surface area contributed by atoms with E-state index in [0.29, 0.717) is 42.5 Å². The van der Waals surface area contributed by atoms with Gasteiger partial charge in [-0.2, -0.15) is 0 Å². The lowest BCUT2D eigenvalue weighted by molar-refractivity contribution is 0.0159. The molecule has 0 spiro atoms. The average Bonchev–Trinajstić information content (AvgIpc) is 3.13. The zero-order valence-electron chi connectivity index (χ0n) is 20.9. The summed E-state index contributed by atoms with van der Waals surface area (Å²) in [5, 5.41) is 2.67. The second-order valence-electron chi connectivity index (χ2n) is 9.91. The maximum absolute atomic E-state index is 15.0. The minimum absolute atomic E-state index is 0.0736. The molecule has 1 saturated heterocycles. The second kappa shape index (κ2) is 9.16. The van der Waals surface area contributed by atoms with Crippen molar-refractivity contribution in [3.8, 4) is 0 Å². The highest BCUT2D eigenvalue weighted by atomic mass is 19.1. The number of carbonyl (C=O) groups excluding carboxylic acids is 2. The number of aromatic nitrogens is 3. The van der Waals surface area contributed by atoms with Crippen LogP contribution < -0.4 is 10.2 Å². The standard InChI is InChI=1S/C25H31FN6O3/c1-15-12-31-14-21(28-17(3)22(31)27-15)29-23(33)19-8-7-18(11-20(19)26)30-9-10-32(16(2)13-30)24(34)35-25(4,5)6/h7-8,11-12,14,16H,9-10,13H2,1-6H3,(H,29,33)/t16-/m1/s1. The fourth-order valence-electron chi connectivity index (χ4n) is 4.19. The number of halogens is 1. The normalized spacial score (nSPS) is 16.5. The van der Waals surface area contributed by atoms with Gasteiger partial charge in [0, 0.05) is 37.6 Å². The predicted octanol–water partition coefficient (Wildman–Crippen LogP) is 4.18. The first-order valence-corrected chi connectivity index (χ1v) is 11.6. The summed E-state index contributed by atoms with van der Waals surface area (Å²) in [6.45, 7) is 12.6. The Hall–Kier alpha value is -3.69. The first kappa shape index (κ1) is 24.4. The lowest BCUT2D eigenvalue weighted by atomic mass is 10.1. The first-order chi connectivity index (χ1) is 16.4. The van der Waals surface area contributed by atoms with Gasteiger partial charge in [0.05, 0.1) is 23.1 Å². The van der Waals surface area contributed by atoms with Crippen LogP contribution in [0.1, 0.15) is 49.4 Å². The van der Waals surface area contributed by atoms with Crippen molar-refractivity contribution in [2.24, 2.45) is 0 Å². The zero-order chi connectivity index (χ0) is 25.5. The molecule has 0 unspecified atom stereocenters. The molecule has 0 saturated carbocycles. The van der Waals surface area contributed by atoms with Crippen molar-refractivity contribution in [3.05, 3.63) is 53.4 Å². The van der Waals surface area contributed by atoms with Crippen molar-refractivity contribution in [2.75, 3.05) is 29.9 Å². The third-order valence-electron chi connectivity index (χ3n) is 5.79. The molecule has 2 aromatic heterocycles. The van der Waals surface area contributed by atoms with Crippen LogP contribution in [0.15, 0.2) is 30.6 Å². The van der Waals surface area contributed by atoms with Crippen LogP contribution in [0.4, 0.5) is 20.7 Å². The minimum atomic E-state index is -0.626. The molecule has 2 amide bonds. The molecule has 1 aliphatic rings. The van der Waals surface area contributed by atoms with Gasteiger partial charge in [-0.1, -0.05) is 0 Å². The Balaban J connectivity index is 1.44. The Morgan fingerprint density at radius 1 is 1.14 bits per heavy atom. The Morgan fingerprint density at radius 2 is 1.89 bits per heavy atom. The molecule has 1 fully saturated rings. The number of hydrogen-bond donors (Lipinski definition) is 1.